The standard InChI is InChI=1S/C23H37NO5.C5H11NO2/c1-5-6-7-21(26)24-19-15-27-22(28-16-19)11-9-17(2)8-10-20-12-18(14-25)13-23(3,4)29-20;1-5(2,3)6-4(7)8/h6-10,18-20,22,25H,5,11-16H2,1-4H3,(H,24,26);6H,1-3H3,(H,7,8)/b7-6-,10-8+,17-9+;. The maximum Gasteiger partial charge on any atom is 0.405 e. The summed E-state index contributed by atoms with van der Waals surface area (Å²) in [6.07, 6.45) is 11.6. The average Bonchev–Trinajstić information content (AvgIpc) is 2.78. The molecule has 0 bridgehead atoms. The number of carboxylic acid groups (broad SMARTS) is 1. The van der Waals surface area contributed by atoms with Gasteiger partial charge in [-0.3, -0.25) is 4.79 Å². The highest BCUT2D eigenvalue weighted by Crippen LogP contribution is 2.32. The number of carbonyl (C=O) groups is 2. The first-order valence-electron chi connectivity index (χ1n) is 13.1. The molecule has 2 fully saturated rings. The highest BCUT2D eigenvalue weighted by molar-refractivity contribution is 5.87. The van der Waals surface area contributed by atoms with Crippen LogP contribution >= 0.6 is 0 Å². The quantitative estimate of drug-likeness (QED) is 0.275. The van der Waals surface area contributed by atoms with Crippen LogP contribution < -0.4 is 10.6 Å². The molecule has 2 aliphatic heterocycles. The van der Waals surface area contributed by atoms with Gasteiger partial charge in [0.2, 0.25) is 5.91 Å². The fourth-order valence-corrected chi connectivity index (χ4v) is 4.04. The van der Waals surface area contributed by atoms with Crippen LogP contribution in [0.2, 0.25) is 0 Å². The van der Waals surface area contributed by atoms with Crippen molar-refractivity contribution < 1.29 is 34.0 Å². The number of hydrogen-bond acceptors (Lipinski definition) is 6. The Morgan fingerprint density at radius 2 is 1.78 bits per heavy atom. The Morgan fingerprint density at radius 3 is 2.30 bits per heavy atom. The summed E-state index contributed by atoms with van der Waals surface area (Å²) in [6.45, 7) is 14.7. The van der Waals surface area contributed by atoms with Crippen molar-refractivity contribution in [2.45, 2.75) is 104 Å². The minimum Gasteiger partial charge on any atom is -0.465 e. The predicted octanol–water partition coefficient (Wildman–Crippen LogP) is 4.32. The first-order chi connectivity index (χ1) is 17.2. The lowest BCUT2D eigenvalue weighted by atomic mass is 9.86. The molecule has 0 aliphatic carbocycles. The van der Waals surface area contributed by atoms with Crippen molar-refractivity contribution in [2.75, 3.05) is 19.8 Å². The Balaban J connectivity index is 0.000000738. The van der Waals surface area contributed by atoms with Crippen LogP contribution in [0.15, 0.2) is 36.0 Å². The molecule has 2 amide bonds. The van der Waals surface area contributed by atoms with E-state index in [0.29, 0.717) is 19.6 Å². The van der Waals surface area contributed by atoms with Crippen LogP contribution in [0.1, 0.15) is 74.1 Å². The second-order valence-corrected chi connectivity index (χ2v) is 11.2. The van der Waals surface area contributed by atoms with Crippen LogP contribution in [0.25, 0.3) is 0 Å². The van der Waals surface area contributed by atoms with E-state index < -0.39 is 6.09 Å². The molecule has 37 heavy (non-hydrogen) atoms. The highest BCUT2D eigenvalue weighted by Gasteiger charge is 2.33. The van der Waals surface area contributed by atoms with Gasteiger partial charge in [0.1, 0.15) is 0 Å². The second kappa shape index (κ2) is 15.9. The van der Waals surface area contributed by atoms with Crippen molar-refractivity contribution in [3.8, 4) is 0 Å². The van der Waals surface area contributed by atoms with E-state index in [2.05, 4.69) is 42.7 Å². The summed E-state index contributed by atoms with van der Waals surface area (Å²) in [5.74, 6) is 0.174. The molecule has 2 saturated heterocycles. The third kappa shape index (κ3) is 15.6. The molecule has 0 saturated carbocycles. The van der Waals surface area contributed by atoms with Crippen LogP contribution in [0.3, 0.4) is 0 Å². The maximum atomic E-state index is 11.7. The summed E-state index contributed by atoms with van der Waals surface area (Å²) in [6, 6.07) is -0.114. The van der Waals surface area contributed by atoms with E-state index in [-0.39, 0.29) is 48.0 Å². The van der Waals surface area contributed by atoms with Crippen molar-refractivity contribution in [3.63, 3.8) is 0 Å². The molecule has 4 N–H and O–H groups in total. The average molecular weight is 525 g/mol. The molecule has 2 heterocycles. The van der Waals surface area contributed by atoms with Gasteiger partial charge in [-0.25, -0.2) is 4.79 Å². The largest absolute Gasteiger partial charge is 0.465 e. The van der Waals surface area contributed by atoms with Gasteiger partial charge >= 0.3 is 6.09 Å². The predicted molar refractivity (Wildman–Crippen MR) is 144 cm³/mol. The molecule has 0 aromatic heterocycles. The van der Waals surface area contributed by atoms with Gasteiger partial charge in [-0.1, -0.05) is 36.8 Å². The van der Waals surface area contributed by atoms with Crippen LogP contribution in [-0.4, -0.2) is 71.6 Å². The van der Waals surface area contributed by atoms with Crippen LogP contribution in [0.4, 0.5) is 4.79 Å². The number of allylic oxidation sites excluding steroid dienone is 3. The van der Waals surface area contributed by atoms with E-state index in [9.17, 15) is 14.7 Å². The number of rotatable bonds is 8. The normalized spacial score (nSPS) is 26.4. The molecule has 212 valence electrons. The summed E-state index contributed by atoms with van der Waals surface area (Å²) in [7, 11) is 0. The fourth-order valence-electron chi connectivity index (χ4n) is 4.04. The van der Waals surface area contributed by atoms with Crippen LogP contribution in [0.5, 0.6) is 0 Å². The smallest absolute Gasteiger partial charge is 0.405 e. The van der Waals surface area contributed by atoms with E-state index in [1.165, 1.54) is 0 Å². The summed E-state index contributed by atoms with van der Waals surface area (Å²) in [5, 5.41) is 22.8. The van der Waals surface area contributed by atoms with Gasteiger partial charge in [-0.05, 0) is 72.8 Å². The van der Waals surface area contributed by atoms with E-state index in [4.69, 9.17) is 19.3 Å². The number of ether oxygens (including phenoxy) is 3. The number of nitrogens with one attached hydrogen (secondary N) is 2. The molecule has 2 unspecified atom stereocenters. The lowest BCUT2D eigenvalue weighted by Gasteiger charge is -2.39. The first-order valence-corrected chi connectivity index (χ1v) is 13.1. The third-order valence-electron chi connectivity index (χ3n) is 5.58. The Kier molecular flexibility index (Phi) is 14.1. The van der Waals surface area contributed by atoms with Crippen molar-refractivity contribution in [1.29, 1.82) is 0 Å². The summed E-state index contributed by atoms with van der Waals surface area (Å²) in [4.78, 5) is 21.6. The zero-order chi connectivity index (χ0) is 28.1. The molecular weight excluding hydrogens is 476 g/mol. The Bertz CT molecular complexity index is 791. The monoisotopic (exact) mass is 524 g/mol. The zero-order valence-corrected chi connectivity index (χ0v) is 23.6. The van der Waals surface area contributed by atoms with Crippen LogP contribution in [-0.2, 0) is 19.0 Å². The van der Waals surface area contributed by atoms with E-state index in [1.807, 2.05) is 19.9 Å². The van der Waals surface area contributed by atoms with Gasteiger partial charge in [0.05, 0.1) is 31.0 Å². The topological polar surface area (TPSA) is 126 Å². The van der Waals surface area contributed by atoms with Gasteiger partial charge in [0.15, 0.2) is 6.29 Å². The number of aliphatic hydroxyl groups excluding tert-OH is 1. The number of hydrogen-bond donors (Lipinski definition) is 4. The van der Waals surface area contributed by atoms with Crippen molar-refractivity contribution in [2.24, 2.45) is 5.92 Å². The first kappa shape index (κ1) is 32.8. The SMILES string of the molecule is CC(C)(C)NC(=O)O.CC/C=C\C(=O)NC1COC(C/C=C(C)/C=C/C2CC(CO)CC(C)(C)O2)OC1. The Hall–Kier alpha value is -2.20. The van der Waals surface area contributed by atoms with Gasteiger partial charge in [-0.2, -0.15) is 0 Å². The van der Waals surface area contributed by atoms with Gasteiger partial charge in [-0.15, -0.1) is 0 Å². The number of aliphatic hydroxyl groups is 1. The molecule has 0 aromatic carbocycles. The molecule has 0 radical (unpaired) electrons. The molecule has 9 heteroatoms. The lowest BCUT2D eigenvalue weighted by Crippen LogP contribution is -2.46. The van der Waals surface area contributed by atoms with E-state index in [0.717, 1.165) is 24.8 Å². The fraction of sp³-hybridized carbons (Fsp3) is 0.714. The summed E-state index contributed by atoms with van der Waals surface area (Å²) < 4.78 is 17.5. The zero-order valence-electron chi connectivity index (χ0n) is 23.6. The van der Waals surface area contributed by atoms with Crippen molar-refractivity contribution in [3.05, 3.63) is 36.0 Å². The van der Waals surface area contributed by atoms with Crippen LogP contribution in [0, 0.1) is 5.92 Å². The molecule has 0 spiro atoms. The maximum absolute atomic E-state index is 11.7. The van der Waals surface area contributed by atoms with Crippen molar-refractivity contribution >= 4 is 12.0 Å². The molecule has 2 rings (SSSR count). The summed E-state index contributed by atoms with van der Waals surface area (Å²) in [5.41, 5.74) is 0.580. The lowest BCUT2D eigenvalue weighted by molar-refractivity contribution is -0.187. The molecule has 0 aromatic rings. The molecule has 2 atom stereocenters. The summed E-state index contributed by atoms with van der Waals surface area (Å²) >= 11 is 0. The molecule has 2 aliphatic rings. The number of amides is 2. The minimum absolute atomic E-state index is 0.0209. The van der Waals surface area contributed by atoms with Gasteiger partial charge in [0.25, 0.3) is 0 Å². The second-order valence-electron chi connectivity index (χ2n) is 11.2. The molecular formula is C28H48N2O7. The van der Waals surface area contributed by atoms with Crippen molar-refractivity contribution in [1.82, 2.24) is 10.6 Å². The van der Waals surface area contributed by atoms with E-state index >= 15 is 0 Å². The highest BCUT2D eigenvalue weighted by atomic mass is 16.7. The number of carbonyl (C=O) groups excluding carboxylic acids is 1. The Morgan fingerprint density at radius 1 is 1.14 bits per heavy atom. The van der Waals surface area contributed by atoms with Gasteiger partial charge < -0.3 is 35.1 Å². The van der Waals surface area contributed by atoms with E-state index in [1.54, 1.807) is 26.8 Å². The molecule has 9 nitrogen and oxygen atoms in total. The Labute approximate surface area is 222 Å². The van der Waals surface area contributed by atoms with Gasteiger partial charge in [0, 0.05) is 18.6 Å². The third-order valence-corrected chi connectivity index (χ3v) is 5.58. The minimum atomic E-state index is -0.975.